The van der Waals surface area contributed by atoms with Crippen molar-refractivity contribution < 1.29 is 0 Å². The molecule has 0 aromatic rings. The molecule has 1 N–H and O–H groups in total. The van der Waals surface area contributed by atoms with Crippen molar-refractivity contribution >= 4 is 0 Å². The maximum absolute atomic E-state index is 7.57. The Morgan fingerprint density at radius 1 is 0.889 bits per heavy atom. The molecule has 0 aliphatic heterocycles. The van der Waals surface area contributed by atoms with Crippen LogP contribution in [0.3, 0.4) is 0 Å². The van der Waals surface area contributed by atoms with Crippen molar-refractivity contribution in [1.82, 2.24) is 5.73 Å². The topological polar surface area (TPSA) is 23.8 Å². The Labute approximate surface area is 56.6 Å². The molecule has 0 spiro atoms. The summed E-state index contributed by atoms with van der Waals surface area (Å²) in [6.07, 6.45) is 6.72. The highest BCUT2D eigenvalue weighted by molar-refractivity contribution is 4.86. The molecular formula is C8H14N. The van der Waals surface area contributed by atoms with Crippen LogP contribution in [0.5, 0.6) is 0 Å². The molecule has 2 aliphatic carbocycles. The number of nitrogens with one attached hydrogen (secondary N) is 1. The smallest absolute Gasteiger partial charge is 0.0218 e. The molecule has 0 heterocycles. The van der Waals surface area contributed by atoms with E-state index in [4.69, 9.17) is 5.73 Å². The minimum Gasteiger partial charge on any atom is -0.254 e. The highest BCUT2D eigenvalue weighted by Gasteiger charge is 2.32. The summed E-state index contributed by atoms with van der Waals surface area (Å²) in [6.45, 7) is 0. The van der Waals surface area contributed by atoms with E-state index in [9.17, 15) is 0 Å². The standard InChI is InChI=1S/C8H14N/c9-8-4-6-1-2-7(3-6)5-8/h6-9H,1-5H2. The van der Waals surface area contributed by atoms with Crippen LogP contribution in [-0.4, -0.2) is 6.04 Å². The van der Waals surface area contributed by atoms with Gasteiger partial charge in [-0.3, -0.25) is 5.73 Å². The molecule has 2 bridgehead atoms. The Morgan fingerprint density at radius 2 is 1.44 bits per heavy atom. The van der Waals surface area contributed by atoms with Crippen LogP contribution >= 0.6 is 0 Å². The number of hydrogen-bond acceptors (Lipinski definition) is 0. The SMILES string of the molecule is [NH]C1CC2CCC(C1)C2. The lowest BCUT2D eigenvalue weighted by Gasteiger charge is -2.23. The van der Waals surface area contributed by atoms with Gasteiger partial charge in [0, 0.05) is 6.04 Å². The molecule has 9 heavy (non-hydrogen) atoms. The summed E-state index contributed by atoms with van der Waals surface area (Å²) in [5.41, 5.74) is 7.57. The Balaban J connectivity index is 2.03. The fourth-order valence-corrected chi connectivity index (χ4v) is 2.51. The second-order valence-corrected chi connectivity index (χ2v) is 3.71. The van der Waals surface area contributed by atoms with E-state index < -0.39 is 0 Å². The summed E-state index contributed by atoms with van der Waals surface area (Å²) in [6, 6.07) is 0.302. The Morgan fingerprint density at radius 3 is 2.00 bits per heavy atom. The highest BCUT2D eigenvalue weighted by atomic mass is 14.7. The van der Waals surface area contributed by atoms with Crippen molar-refractivity contribution in [3.8, 4) is 0 Å². The van der Waals surface area contributed by atoms with E-state index in [1.807, 2.05) is 0 Å². The molecule has 2 fully saturated rings. The van der Waals surface area contributed by atoms with Crippen molar-refractivity contribution in [2.45, 2.75) is 38.1 Å². The van der Waals surface area contributed by atoms with Gasteiger partial charge in [-0.25, -0.2) is 0 Å². The van der Waals surface area contributed by atoms with E-state index in [1.54, 1.807) is 0 Å². The molecule has 2 aliphatic rings. The summed E-state index contributed by atoms with van der Waals surface area (Å²) < 4.78 is 0. The van der Waals surface area contributed by atoms with Gasteiger partial charge in [-0.1, -0.05) is 12.8 Å². The number of rotatable bonds is 0. The van der Waals surface area contributed by atoms with Crippen LogP contribution in [0.1, 0.15) is 32.1 Å². The minimum absolute atomic E-state index is 0.302. The molecule has 0 saturated heterocycles. The van der Waals surface area contributed by atoms with Gasteiger partial charge in [0.25, 0.3) is 0 Å². The summed E-state index contributed by atoms with van der Waals surface area (Å²) in [5.74, 6) is 1.90. The molecule has 1 heteroatoms. The molecule has 2 atom stereocenters. The first-order chi connectivity index (χ1) is 4.34. The zero-order chi connectivity index (χ0) is 6.27. The minimum atomic E-state index is 0.302. The van der Waals surface area contributed by atoms with Gasteiger partial charge in [-0.15, -0.1) is 0 Å². The van der Waals surface area contributed by atoms with E-state index in [1.165, 1.54) is 32.1 Å². The normalized spacial score (nSPS) is 49.7. The van der Waals surface area contributed by atoms with Gasteiger partial charge in [0.15, 0.2) is 0 Å². The van der Waals surface area contributed by atoms with Gasteiger partial charge in [0.2, 0.25) is 0 Å². The summed E-state index contributed by atoms with van der Waals surface area (Å²) in [7, 11) is 0. The van der Waals surface area contributed by atoms with Gasteiger partial charge in [0.05, 0.1) is 0 Å². The van der Waals surface area contributed by atoms with Crippen molar-refractivity contribution in [2.24, 2.45) is 11.8 Å². The lowest BCUT2D eigenvalue weighted by Crippen LogP contribution is -2.21. The predicted molar refractivity (Wildman–Crippen MR) is 36.9 cm³/mol. The third-order valence-electron chi connectivity index (χ3n) is 2.89. The summed E-state index contributed by atoms with van der Waals surface area (Å²) in [5, 5.41) is 0. The van der Waals surface area contributed by atoms with Crippen LogP contribution in [0.4, 0.5) is 0 Å². The molecule has 0 aromatic heterocycles. The van der Waals surface area contributed by atoms with Crippen LogP contribution in [0.2, 0.25) is 0 Å². The van der Waals surface area contributed by atoms with E-state index in [-0.39, 0.29) is 0 Å². The molecule has 1 nitrogen and oxygen atoms in total. The lowest BCUT2D eigenvalue weighted by atomic mass is 9.86. The highest BCUT2D eigenvalue weighted by Crippen LogP contribution is 2.41. The van der Waals surface area contributed by atoms with Gasteiger partial charge in [0.1, 0.15) is 0 Å². The lowest BCUT2D eigenvalue weighted by molar-refractivity contribution is 0.314. The summed E-state index contributed by atoms with van der Waals surface area (Å²) in [4.78, 5) is 0. The Kier molecular flexibility index (Phi) is 1.26. The summed E-state index contributed by atoms with van der Waals surface area (Å²) >= 11 is 0. The fourth-order valence-electron chi connectivity index (χ4n) is 2.51. The molecule has 51 valence electrons. The van der Waals surface area contributed by atoms with E-state index in [0.717, 1.165) is 11.8 Å². The van der Waals surface area contributed by atoms with Crippen LogP contribution in [0.15, 0.2) is 0 Å². The first kappa shape index (κ1) is 5.72. The van der Waals surface area contributed by atoms with Crippen LogP contribution in [0.25, 0.3) is 0 Å². The van der Waals surface area contributed by atoms with E-state index >= 15 is 0 Å². The second-order valence-electron chi connectivity index (χ2n) is 3.71. The van der Waals surface area contributed by atoms with Gasteiger partial charge < -0.3 is 0 Å². The first-order valence-electron chi connectivity index (χ1n) is 4.05. The van der Waals surface area contributed by atoms with Gasteiger partial charge in [-0.2, -0.15) is 0 Å². The monoisotopic (exact) mass is 124 g/mol. The predicted octanol–water partition coefficient (Wildman–Crippen LogP) is 1.85. The van der Waals surface area contributed by atoms with Crippen molar-refractivity contribution in [1.29, 1.82) is 0 Å². The van der Waals surface area contributed by atoms with Crippen LogP contribution in [-0.2, 0) is 0 Å². The third kappa shape index (κ3) is 0.983. The van der Waals surface area contributed by atoms with Gasteiger partial charge >= 0.3 is 0 Å². The molecule has 2 saturated carbocycles. The maximum Gasteiger partial charge on any atom is 0.0218 e. The molecular weight excluding hydrogens is 110 g/mol. The molecule has 1 radical (unpaired) electrons. The van der Waals surface area contributed by atoms with E-state index in [0.29, 0.717) is 6.04 Å². The number of fused-ring (bicyclic) bond motifs is 2. The zero-order valence-electron chi connectivity index (χ0n) is 5.77. The average molecular weight is 124 g/mol. The Hall–Kier alpha value is -0.0400. The maximum atomic E-state index is 7.57. The zero-order valence-corrected chi connectivity index (χ0v) is 5.77. The molecule has 2 rings (SSSR count). The fraction of sp³-hybridized carbons (Fsp3) is 1.00. The quantitative estimate of drug-likeness (QED) is 0.470. The van der Waals surface area contributed by atoms with Crippen LogP contribution < -0.4 is 5.73 Å². The van der Waals surface area contributed by atoms with Gasteiger partial charge in [-0.05, 0) is 31.1 Å². The largest absolute Gasteiger partial charge is 0.254 e. The second kappa shape index (κ2) is 1.98. The number of hydrogen-bond donors (Lipinski definition) is 0. The molecule has 0 amide bonds. The molecule has 0 aromatic carbocycles. The van der Waals surface area contributed by atoms with Crippen molar-refractivity contribution in [2.75, 3.05) is 0 Å². The van der Waals surface area contributed by atoms with Crippen LogP contribution in [0, 0.1) is 11.8 Å². The van der Waals surface area contributed by atoms with Crippen molar-refractivity contribution in [3.63, 3.8) is 0 Å². The van der Waals surface area contributed by atoms with Crippen molar-refractivity contribution in [3.05, 3.63) is 0 Å². The Bertz CT molecular complexity index is 99.1. The third-order valence-corrected chi connectivity index (χ3v) is 2.89. The first-order valence-corrected chi connectivity index (χ1v) is 4.05. The molecule has 2 unspecified atom stereocenters. The average Bonchev–Trinajstić information content (AvgIpc) is 2.11. The van der Waals surface area contributed by atoms with E-state index in [2.05, 4.69) is 0 Å².